The summed E-state index contributed by atoms with van der Waals surface area (Å²) in [6, 6.07) is 2.21. The van der Waals surface area contributed by atoms with Gasteiger partial charge in [0, 0.05) is 24.7 Å². The van der Waals surface area contributed by atoms with E-state index in [9.17, 15) is 0 Å². The maximum absolute atomic E-state index is 3.72. The van der Waals surface area contributed by atoms with Crippen LogP contribution >= 0.6 is 0 Å². The third-order valence-corrected chi connectivity index (χ3v) is 4.55. The fourth-order valence-electron chi connectivity index (χ4n) is 3.22. The largest absolute Gasteiger partial charge is 0.314 e. The Morgan fingerprint density at radius 3 is 2.53 bits per heavy atom. The summed E-state index contributed by atoms with van der Waals surface area (Å²) in [5, 5.41) is 3.72. The fraction of sp³-hybridized carbons (Fsp3) is 1.00. The van der Waals surface area contributed by atoms with Gasteiger partial charge in [-0.3, -0.25) is 4.90 Å². The highest BCUT2D eigenvalue weighted by Crippen LogP contribution is 2.26. The van der Waals surface area contributed by atoms with E-state index in [1.165, 1.54) is 38.8 Å². The molecular formula is C15H32N2. The second kappa shape index (κ2) is 7.38. The molecule has 1 N–H and O–H groups in total. The van der Waals surface area contributed by atoms with Crippen molar-refractivity contribution >= 4 is 0 Å². The van der Waals surface area contributed by atoms with E-state index < -0.39 is 0 Å². The third kappa shape index (κ3) is 3.96. The highest BCUT2D eigenvalue weighted by atomic mass is 15.2. The van der Waals surface area contributed by atoms with Crippen molar-refractivity contribution < 1.29 is 0 Å². The van der Waals surface area contributed by atoms with Crippen molar-refractivity contribution in [1.29, 1.82) is 0 Å². The maximum Gasteiger partial charge on any atom is 0.0120 e. The molecule has 2 heteroatoms. The monoisotopic (exact) mass is 240 g/mol. The van der Waals surface area contributed by atoms with Crippen molar-refractivity contribution in [1.82, 2.24) is 10.2 Å². The third-order valence-electron chi connectivity index (χ3n) is 4.55. The van der Waals surface area contributed by atoms with Gasteiger partial charge in [-0.15, -0.1) is 0 Å². The van der Waals surface area contributed by atoms with Gasteiger partial charge < -0.3 is 5.32 Å². The molecule has 4 unspecified atom stereocenters. The second-order valence-electron chi connectivity index (χ2n) is 5.82. The summed E-state index contributed by atoms with van der Waals surface area (Å²) < 4.78 is 0. The summed E-state index contributed by atoms with van der Waals surface area (Å²) in [5.74, 6) is 0.773. The molecule has 102 valence electrons. The molecule has 1 heterocycles. The van der Waals surface area contributed by atoms with E-state index >= 15 is 0 Å². The van der Waals surface area contributed by atoms with Gasteiger partial charge in [-0.05, 0) is 45.6 Å². The maximum atomic E-state index is 3.72. The minimum atomic E-state index is 0.722. The van der Waals surface area contributed by atoms with Gasteiger partial charge in [-0.2, -0.15) is 0 Å². The topological polar surface area (TPSA) is 15.3 Å². The average molecular weight is 240 g/mol. The van der Waals surface area contributed by atoms with Crippen LogP contribution in [0.2, 0.25) is 0 Å². The molecule has 0 aromatic carbocycles. The second-order valence-corrected chi connectivity index (χ2v) is 5.82. The summed E-state index contributed by atoms with van der Waals surface area (Å²) in [7, 11) is 0. The van der Waals surface area contributed by atoms with Crippen molar-refractivity contribution in [3.63, 3.8) is 0 Å². The van der Waals surface area contributed by atoms with Gasteiger partial charge in [0.05, 0.1) is 0 Å². The molecule has 0 radical (unpaired) electrons. The van der Waals surface area contributed by atoms with E-state index in [0.29, 0.717) is 0 Å². The standard InChI is InChI=1S/C15H32N2/c1-6-8-12(3)17-11-9-15(16-10-7-2)13(4)14(17)5/h12-16H,6-11H2,1-5H3. The molecule has 1 aliphatic rings. The Balaban J connectivity index is 2.49. The number of nitrogens with one attached hydrogen (secondary N) is 1. The summed E-state index contributed by atoms with van der Waals surface area (Å²) >= 11 is 0. The van der Waals surface area contributed by atoms with Crippen LogP contribution in [0.5, 0.6) is 0 Å². The molecule has 1 rings (SSSR count). The van der Waals surface area contributed by atoms with Crippen LogP contribution in [0.4, 0.5) is 0 Å². The lowest BCUT2D eigenvalue weighted by molar-refractivity contribution is 0.0496. The van der Waals surface area contributed by atoms with Crippen LogP contribution < -0.4 is 5.32 Å². The molecule has 1 aliphatic heterocycles. The normalized spacial score (nSPS) is 32.6. The Morgan fingerprint density at radius 2 is 1.94 bits per heavy atom. The van der Waals surface area contributed by atoms with Crippen molar-refractivity contribution in [2.24, 2.45) is 5.92 Å². The van der Waals surface area contributed by atoms with Crippen molar-refractivity contribution in [3.05, 3.63) is 0 Å². The number of rotatable bonds is 6. The summed E-state index contributed by atoms with van der Waals surface area (Å²) in [6.07, 6.45) is 5.20. The zero-order valence-electron chi connectivity index (χ0n) is 12.5. The Bertz CT molecular complexity index is 205. The number of hydrogen-bond acceptors (Lipinski definition) is 2. The first-order chi connectivity index (χ1) is 8.11. The van der Waals surface area contributed by atoms with E-state index in [1.54, 1.807) is 0 Å². The number of nitrogens with zero attached hydrogens (tertiary/aromatic N) is 1. The predicted molar refractivity (Wildman–Crippen MR) is 76.4 cm³/mol. The van der Waals surface area contributed by atoms with Crippen LogP contribution in [0.3, 0.4) is 0 Å². The average Bonchev–Trinajstić information content (AvgIpc) is 2.31. The molecular weight excluding hydrogens is 208 g/mol. The van der Waals surface area contributed by atoms with Gasteiger partial charge >= 0.3 is 0 Å². The van der Waals surface area contributed by atoms with Crippen LogP contribution in [0, 0.1) is 5.92 Å². The lowest BCUT2D eigenvalue weighted by atomic mass is 9.85. The molecule has 17 heavy (non-hydrogen) atoms. The van der Waals surface area contributed by atoms with Crippen molar-refractivity contribution in [2.75, 3.05) is 13.1 Å². The number of hydrogen-bond donors (Lipinski definition) is 1. The van der Waals surface area contributed by atoms with Gasteiger partial charge in [0.1, 0.15) is 0 Å². The Labute approximate surface area is 108 Å². The fourth-order valence-corrected chi connectivity index (χ4v) is 3.22. The lowest BCUT2D eigenvalue weighted by Crippen LogP contribution is -2.55. The van der Waals surface area contributed by atoms with E-state index in [-0.39, 0.29) is 0 Å². The minimum absolute atomic E-state index is 0.722. The van der Waals surface area contributed by atoms with Crippen LogP contribution in [0.1, 0.15) is 60.3 Å². The predicted octanol–water partition coefficient (Wildman–Crippen LogP) is 3.27. The van der Waals surface area contributed by atoms with E-state index in [0.717, 1.165) is 24.0 Å². The van der Waals surface area contributed by atoms with Gasteiger partial charge in [0.2, 0.25) is 0 Å². The lowest BCUT2D eigenvalue weighted by Gasteiger charge is -2.46. The SMILES string of the molecule is CCCNC1CCN(C(C)CCC)C(C)C1C. The van der Waals surface area contributed by atoms with Gasteiger partial charge in [-0.25, -0.2) is 0 Å². The number of likely N-dealkylation sites (tertiary alicyclic amines) is 1. The highest BCUT2D eigenvalue weighted by Gasteiger charge is 2.33. The van der Waals surface area contributed by atoms with Crippen molar-refractivity contribution in [3.8, 4) is 0 Å². The summed E-state index contributed by atoms with van der Waals surface area (Å²) in [5.41, 5.74) is 0. The quantitative estimate of drug-likeness (QED) is 0.766. The van der Waals surface area contributed by atoms with Crippen LogP contribution in [-0.4, -0.2) is 36.1 Å². The summed E-state index contributed by atoms with van der Waals surface area (Å²) in [6.45, 7) is 14.2. The molecule has 0 aliphatic carbocycles. The first kappa shape index (κ1) is 15.0. The van der Waals surface area contributed by atoms with Crippen LogP contribution in [0.25, 0.3) is 0 Å². The van der Waals surface area contributed by atoms with Crippen LogP contribution in [-0.2, 0) is 0 Å². The zero-order valence-corrected chi connectivity index (χ0v) is 12.5. The van der Waals surface area contributed by atoms with Gasteiger partial charge in [0.15, 0.2) is 0 Å². The molecule has 0 aromatic heterocycles. The molecule has 0 bridgehead atoms. The molecule has 1 fully saturated rings. The van der Waals surface area contributed by atoms with Gasteiger partial charge in [-0.1, -0.05) is 27.2 Å². The zero-order chi connectivity index (χ0) is 12.8. The molecule has 0 amide bonds. The molecule has 0 spiro atoms. The first-order valence-electron chi connectivity index (χ1n) is 7.60. The van der Waals surface area contributed by atoms with E-state index in [2.05, 4.69) is 44.8 Å². The smallest absolute Gasteiger partial charge is 0.0120 e. The molecule has 1 saturated heterocycles. The molecule has 0 aromatic rings. The number of piperidine rings is 1. The minimum Gasteiger partial charge on any atom is -0.314 e. The van der Waals surface area contributed by atoms with Gasteiger partial charge in [0.25, 0.3) is 0 Å². The highest BCUT2D eigenvalue weighted by molar-refractivity contribution is 4.90. The van der Waals surface area contributed by atoms with Crippen LogP contribution in [0.15, 0.2) is 0 Å². The Kier molecular flexibility index (Phi) is 6.50. The Morgan fingerprint density at radius 1 is 1.24 bits per heavy atom. The molecule has 4 atom stereocenters. The van der Waals surface area contributed by atoms with E-state index in [1.807, 2.05) is 0 Å². The first-order valence-corrected chi connectivity index (χ1v) is 7.60. The summed E-state index contributed by atoms with van der Waals surface area (Å²) in [4.78, 5) is 2.72. The molecule has 2 nitrogen and oxygen atoms in total. The molecule has 0 saturated carbocycles. The van der Waals surface area contributed by atoms with E-state index in [4.69, 9.17) is 0 Å². The Hall–Kier alpha value is -0.0800. The van der Waals surface area contributed by atoms with Crippen molar-refractivity contribution in [2.45, 2.75) is 78.4 Å².